The van der Waals surface area contributed by atoms with Crippen LogP contribution in [0, 0.1) is 0 Å². The Bertz CT molecular complexity index is 550. The summed E-state index contributed by atoms with van der Waals surface area (Å²) in [6, 6.07) is 19.0. The summed E-state index contributed by atoms with van der Waals surface area (Å²) in [5.74, 6) is 0.386. The van der Waals surface area contributed by atoms with Gasteiger partial charge in [-0.15, -0.1) is 0 Å². The first-order valence-corrected chi connectivity index (χ1v) is 6.75. The third-order valence-corrected chi connectivity index (χ3v) is 3.66. The van der Waals surface area contributed by atoms with Crippen LogP contribution in [-0.4, -0.2) is 18.9 Å². The molecular formula is C17H17NO. The van der Waals surface area contributed by atoms with Gasteiger partial charge in [-0.3, -0.25) is 4.79 Å². The van der Waals surface area contributed by atoms with E-state index in [4.69, 9.17) is 0 Å². The summed E-state index contributed by atoms with van der Waals surface area (Å²) in [5.41, 5.74) is 3.69. The molecule has 2 aromatic rings. The average molecular weight is 251 g/mol. The van der Waals surface area contributed by atoms with Crippen LogP contribution in [0.2, 0.25) is 0 Å². The van der Waals surface area contributed by atoms with E-state index in [1.165, 1.54) is 16.8 Å². The zero-order valence-corrected chi connectivity index (χ0v) is 10.9. The Kier molecular flexibility index (Phi) is 3.32. The molecule has 0 aromatic heterocycles. The summed E-state index contributed by atoms with van der Waals surface area (Å²) in [6.45, 7) is 1.70. The summed E-state index contributed by atoms with van der Waals surface area (Å²) in [4.78, 5) is 13.5. The van der Waals surface area contributed by atoms with E-state index in [0.29, 0.717) is 18.6 Å². The summed E-state index contributed by atoms with van der Waals surface area (Å²) >= 11 is 0. The Morgan fingerprint density at radius 2 is 1.32 bits per heavy atom. The van der Waals surface area contributed by atoms with Gasteiger partial charge in [0, 0.05) is 31.6 Å². The van der Waals surface area contributed by atoms with Gasteiger partial charge in [0.2, 0.25) is 0 Å². The fourth-order valence-corrected chi connectivity index (χ4v) is 2.51. The quantitative estimate of drug-likeness (QED) is 0.814. The first kappa shape index (κ1) is 12.0. The molecule has 2 nitrogen and oxygen atoms in total. The van der Waals surface area contributed by atoms with Crippen molar-refractivity contribution in [3.8, 4) is 11.1 Å². The number of Topliss-reactive ketones (excluding diaryl/α,β-unsaturated/α-hetero) is 1. The molecule has 0 radical (unpaired) electrons. The van der Waals surface area contributed by atoms with Gasteiger partial charge in [-0.2, -0.15) is 0 Å². The highest BCUT2D eigenvalue weighted by atomic mass is 16.1. The number of anilines is 1. The minimum Gasteiger partial charge on any atom is -0.371 e. The van der Waals surface area contributed by atoms with E-state index in [-0.39, 0.29) is 0 Å². The summed E-state index contributed by atoms with van der Waals surface area (Å²) in [7, 11) is 0. The minimum atomic E-state index is 0.386. The molecule has 1 heterocycles. The number of ketones is 1. The van der Waals surface area contributed by atoms with Crippen LogP contribution >= 0.6 is 0 Å². The van der Waals surface area contributed by atoms with Crippen molar-refractivity contribution < 1.29 is 4.79 Å². The molecule has 19 heavy (non-hydrogen) atoms. The molecule has 2 heteroatoms. The predicted molar refractivity (Wildman–Crippen MR) is 78.3 cm³/mol. The maximum absolute atomic E-state index is 11.3. The first-order valence-electron chi connectivity index (χ1n) is 6.75. The lowest BCUT2D eigenvalue weighted by molar-refractivity contribution is -0.119. The van der Waals surface area contributed by atoms with Crippen LogP contribution in [0.15, 0.2) is 54.6 Å². The molecular weight excluding hydrogens is 234 g/mol. The van der Waals surface area contributed by atoms with Gasteiger partial charge in [-0.1, -0.05) is 42.5 Å². The number of carbonyl (C=O) groups is 1. The molecule has 0 bridgehead atoms. The van der Waals surface area contributed by atoms with E-state index in [2.05, 4.69) is 53.4 Å². The maximum Gasteiger partial charge on any atom is 0.136 e. The van der Waals surface area contributed by atoms with Gasteiger partial charge >= 0.3 is 0 Å². The molecule has 1 aliphatic rings. The molecule has 1 fully saturated rings. The van der Waals surface area contributed by atoms with Crippen LogP contribution in [0.25, 0.3) is 11.1 Å². The number of nitrogens with zero attached hydrogens (tertiary/aromatic N) is 1. The third-order valence-electron chi connectivity index (χ3n) is 3.66. The standard InChI is InChI=1S/C17H17NO/c19-17-10-12-18(13-11-17)16-8-6-15(7-9-16)14-4-2-1-3-5-14/h1-9H,10-13H2. The van der Waals surface area contributed by atoms with E-state index in [1.807, 2.05) is 6.07 Å². The smallest absolute Gasteiger partial charge is 0.136 e. The lowest BCUT2D eigenvalue weighted by Gasteiger charge is -2.28. The molecule has 1 aliphatic heterocycles. The zero-order valence-electron chi connectivity index (χ0n) is 10.9. The molecule has 2 aromatic carbocycles. The lowest BCUT2D eigenvalue weighted by Crippen LogP contribution is -2.33. The van der Waals surface area contributed by atoms with Gasteiger partial charge in [0.1, 0.15) is 5.78 Å². The van der Waals surface area contributed by atoms with Crippen molar-refractivity contribution >= 4 is 11.5 Å². The topological polar surface area (TPSA) is 20.3 Å². The molecule has 0 aliphatic carbocycles. The number of carbonyl (C=O) groups excluding carboxylic acids is 1. The predicted octanol–water partition coefficient (Wildman–Crippen LogP) is 3.52. The van der Waals surface area contributed by atoms with Gasteiger partial charge in [-0.25, -0.2) is 0 Å². The van der Waals surface area contributed by atoms with Gasteiger partial charge < -0.3 is 4.90 Å². The zero-order chi connectivity index (χ0) is 13.1. The second-order valence-corrected chi connectivity index (χ2v) is 4.94. The number of benzene rings is 2. The Labute approximate surface area is 113 Å². The second-order valence-electron chi connectivity index (χ2n) is 4.94. The van der Waals surface area contributed by atoms with E-state index in [9.17, 15) is 4.79 Å². The Morgan fingerprint density at radius 3 is 1.95 bits per heavy atom. The van der Waals surface area contributed by atoms with Crippen molar-refractivity contribution in [1.29, 1.82) is 0 Å². The lowest BCUT2D eigenvalue weighted by atomic mass is 10.0. The van der Waals surface area contributed by atoms with Crippen LogP contribution in [0.5, 0.6) is 0 Å². The SMILES string of the molecule is O=C1CCN(c2ccc(-c3ccccc3)cc2)CC1. The highest BCUT2D eigenvalue weighted by Crippen LogP contribution is 2.24. The highest BCUT2D eigenvalue weighted by molar-refractivity contribution is 5.81. The van der Waals surface area contributed by atoms with Gasteiger partial charge in [0.05, 0.1) is 0 Å². The molecule has 1 saturated heterocycles. The molecule has 0 atom stereocenters. The molecule has 0 spiro atoms. The largest absolute Gasteiger partial charge is 0.371 e. The average Bonchev–Trinajstić information content (AvgIpc) is 2.49. The van der Waals surface area contributed by atoms with Crippen molar-refractivity contribution in [2.24, 2.45) is 0 Å². The van der Waals surface area contributed by atoms with Crippen LogP contribution in [0.4, 0.5) is 5.69 Å². The van der Waals surface area contributed by atoms with Crippen molar-refractivity contribution in [2.45, 2.75) is 12.8 Å². The van der Waals surface area contributed by atoms with E-state index >= 15 is 0 Å². The van der Waals surface area contributed by atoms with E-state index < -0.39 is 0 Å². The van der Waals surface area contributed by atoms with Crippen LogP contribution in [0.3, 0.4) is 0 Å². The monoisotopic (exact) mass is 251 g/mol. The molecule has 0 unspecified atom stereocenters. The van der Waals surface area contributed by atoms with Crippen molar-refractivity contribution in [1.82, 2.24) is 0 Å². The van der Waals surface area contributed by atoms with E-state index in [0.717, 1.165) is 13.1 Å². The summed E-state index contributed by atoms with van der Waals surface area (Å²) in [5, 5.41) is 0. The molecule has 96 valence electrons. The second kappa shape index (κ2) is 5.27. The molecule has 0 saturated carbocycles. The normalized spacial score (nSPS) is 15.6. The number of piperidine rings is 1. The van der Waals surface area contributed by atoms with Crippen LogP contribution in [0.1, 0.15) is 12.8 Å². The third kappa shape index (κ3) is 2.68. The van der Waals surface area contributed by atoms with Crippen molar-refractivity contribution in [2.75, 3.05) is 18.0 Å². The Balaban J connectivity index is 1.78. The van der Waals surface area contributed by atoms with Crippen molar-refractivity contribution in [3.63, 3.8) is 0 Å². The first-order chi connectivity index (χ1) is 9.33. The van der Waals surface area contributed by atoms with Crippen LogP contribution < -0.4 is 4.90 Å². The molecule has 0 N–H and O–H groups in total. The van der Waals surface area contributed by atoms with Crippen molar-refractivity contribution in [3.05, 3.63) is 54.6 Å². The van der Waals surface area contributed by atoms with Crippen LogP contribution in [-0.2, 0) is 4.79 Å². The number of hydrogen-bond acceptors (Lipinski definition) is 2. The van der Waals surface area contributed by atoms with Gasteiger partial charge in [-0.05, 0) is 23.3 Å². The molecule has 0 amide bonds. The summed E-state index contributed by atoms with van der Waals surface area (Å²) < 4.78 is 0. The fourth-order valence-electron chi connectivity index (χ4n) is 2.51. The molecule has 3 rings (SSSR count). The summed E-state index contributed by atoms with van der Waals surface area (Å²) in [6.07, 6.45) is 1.36. The highest BCUT2D eigenvalue weighted by Gasteiger charge is 2.16. The maximum atomic E-state index is 11.3. The Morgan fingerprint density at radius 1 is 0.737 bits per heavy atom. The number of hydrogen-bond donors (Lipinski definition) is 0. The van der Waals surface area contributed by atoms with Gasteiger partial charge in [0.15, 0.2) is 0 Å². The van der Waals surface area contributed by atoms with E-state index in [1.54, 1.807) is 0 Å². The Hall–Kier alpha value is -2.09. The number of rotatable bonds is 2. The fraction of sp³-hybridized carbons (Fsp3) is 0.235. The minimum absolute atomic E-state index is 0.386. The van der Waals surface area contributed by atoms with Gasteiger partial charge in [0.25, 0.3) is 0 Å².